The van der Waals surface area contributed by atoms with Crippen molar-refractivity contribution in [3.8, 4) is 23.7 Å². The smallest absolute Gasteiger partial charge is 0.224 e. The molecule has 0 spiro atoms. The van der Waals surface area contributed by atoms with Gasteiger partial charge in [-0.3, -0.25) is 4.79 Å². The molecule has 1 heterocycles. The van der Waals surface area contributed by atoms with Gasteiger partial charge in [-0.15, -0.1) is 0 Å². The number of aromatic nitrogens is 1. The van der Waals surface area contributed by atoms with E-state index in [1.54, 1.807) is 7.11 Å². The Morgan fingerprint density at radius 1 is 1.34 bits per heavy atom. The molecule has 0 aliphatic heterocycles. The van der Waals surface area contributed by atoms with Crippen molar-refractivity contribution in [3.05, 3.63) is 65.0 Å². The monoisotopic (exact) mass is 387 g/mol. The summed E-state index contributed by atoms with van der Waals surface area (Å²) >= 11 is 0. The first-order valence-corrected chi connectivity index (χ1v) is 9.60. The van der Waals surface area contributed by atoms with E-state index in [-0.39, 0.29) is 7.33 Å². The summed E-state index contributed by atoms with van der Waals surface area (Å²) in [5.41, 5.74) is 3.91. The molecule has 29 heavy (non-hydrogen) atoms. The molecule has 0 saturated heterocycles. The third-order valence-electron chi connectivity index (χ3n) is 4.76. The molecule has 1 aliphatic rings. The number of methoxy groups -OCH3 is 1. The highest BCUT2D eigenvalue weighted by Crippen LogP contribution is 2.29. The van der Waals surface area contributed by atoms with Gasteiger partial charge in [0.2, 0.25) is 5.91 Å². The lowest BCUT2D eigenvalue weighted by Crippen LogP contribution is -2.20. The van der Waals surface area contributed by atoms with Crippen molar-refractivity contribution >= 4 is 16.8 Å². The normalized spacial score (nSPS) is 12.9. The number of fused-ring (bicyclic) bond motifs is 1. The van der Waals surface area contributed by atoms with Crippen molar-refractivity contribution in [2.24, 2.45) is 0 Å². The van der Waals surface area contributed by atoms with Gasteiger partial charge in [-0.1, -0.05) is 31.1 Å². The molecule has 0 saturated carbocycles. The number of carbonyl (C=O) groups is 1. The maximum absolute atomic E-state index is 11.6. The highest BCUT2D eigenvalue weighted by atomic mass is 16.5. The van der Waals surface area contributed by atoms with Crippen molar-refractivity contribution < 1.29 is 11.0 Å². The molecule has 2 aromatic rings. The summed E-state index contributed by atoms with van der Waals surface area (Å²) < 4.78 is 7.37. The van der Waals surface area contributed by atoms with Gasteiger partial charge in [0, 0.05) is 43.5 Å². The number of hydrogen-bond acceptors (Lipinski definition) is 3. The zero-order valence-corrected chi connectivity index (χ0v) is 16.9. The Morgan fingerprint density at radius 2 is 2.17 bits per heavy atom. The second-order valence-electron chi connectivity index (χ2n) is 6.53. The largest absolute Gasteiger partial charge is 0.497 e. The lowest BCUT2D eigenvalue weighted by Gasteiger charge is -2.04. The summed E-state index contributed by atoms with van der Waals surface area (Å²) in [5, 5.41) is 13.5. The van der Waals surface area contributed by atoms with Crippen LogP contribution in [0.25, 0.3) is 10.9 Å². The number of rotatable bonds is 4. The van der Waals surface area contributed by atoms with E-state index < -0.39 is 0 Å². The van der Waals surface area contributed by atoms with Crippen molar-refractivity contribution in [1.82, 2.24) is 9.88 Å². The summed E-state index contributed by atoms with van der Waals surface area (Å²) in [7, 11) is 1.63. The van der Waals surface area contributed by atoms with Crippen LogP contribution in [0.2, 0.25) is 0 Å². The molecule has 0 fully saturated rings. The van der Waals surface area contributed by atoms with Gasteiger partial charge in [-0.25, -0.2) is 0 Å². The molecule has 0 atom stereocenters. The number of hydrogen-bond donors (Lipinski definition) is 1. The predicted octanol–water partition coefficient (Wildman–Crippen LogP) is 4.44. The van der Waals surface area contributed by atoms with Crippen LogP contribution in [-0.2, 0) is 11.3 Å². The van der Waals surface area contributed by atoms with Gasteiger partial charge in [-0.2, -0.15) is 5.26 Å². The highest BCUT2D eigenvalue weighted by Gasteiger charge is 2.15. The fourth-order valence-corrected chi connectivity index (χ4v) is 3.23. The molecule has 0 unspecified atom stereocenters. The molecule has 5 heteroatoms. The number of nitrogens with zero attached hydrogens (tertiary/aromatic N) is 2. The summed E-state index contributed by atoms with van der Waals surface area (Å²) in [5.74, 6) is 7.14. The van der Waals surface area contributed by atoms with Gasteiger partial charge in [0.1, 0.15) is 17.5 Å². The first-order chi connectivity index (χ1) is 14.1. The minimum atomic E-state index is -0.0167. The van der Waals surface area contributed by atoms with Gasteiger partial charge < -0.3 is 14.6 Å². The van der Waals surface area contributed by atoms with Crippen LogP contribution in [0, 0.1) is 23.2 Å². The molecule has 1 N–H and O–H groups in total. The molecular formula is C24H25N3O2. The second-order valence-corrected chi connectivity index (χ2v) is 6.53. The number of aryl methyl sites for hydroxylation is 1. The number of nitriles is 1. The Kier molecular flexibility index (Phi) is 6.22. The van der Waals surface area contributed by atoms with Crippen LogP contribution in [0.1, 0.15) is 39.4 Å². The van der Waals surface area contributed by atoms with Gasteiger partial charge in [0.05, 0.1) is 18.2 Å². The Bertz CT molecular complexity index is 1150. The first kappa shape index (κ1) is 20.0. The first-order valence-electron chi connectivity index (χ1n) is 9.60. The third-order valence-corrected chi connectivity index (χ3v) is 4.76. The summed E-state index contributed by atoms with van der Waals surface area (Å²) in [6.07, 6.45) is 8.67. The number of ether oxygens (including phenoxy) is 1. The average Bonchev–Trinajstić information content (AvgIpc) is 2.87. The van der Waals surface area contributed by atoms with Crippen LogP contribution >= 0.6 is 0 Å². The van der Waals surface area contributed by atoms with E-state index in [4.69, 9.17) is 4.74 Å². The Balaban J connectivity index is 0.00000320. The van der Waals surface area contributed by atoms with Crippen LogP contribution in [0.3, 0.4) is 0 Å². The van der Waals surface area contributed by atoms with E-state index in [9.17, 15) is 10.1 Å². The number of amides is 1. The van der Waals surface area contributed by atoms with Gasteiger partial charge >= 0.3 is 0 Å². The van der Waals surface area contributed by atoms with E-state index in [0.29, 0.717) is 30.6 Å². The van der Waals surface area contributed by atoms with Crippen LogP contribution in [0.4, 0.5) is 0 Å². The van der Waals surface area contributed by atoms with Crippen molar-refractivity contribution in [3.63, 3.8) is 0 Å². The predicted molar refractivity (Wildman–Crippen MR) is 116 cm³/mol. The summed E-state index contributed by atoms with van der Waals surface area (Å²) in [4.78, 5) is 11.6. The number of allylic oxidation sites excluding steroid dienone is 5. The average molecular weight is 387 g/mol. The van der Waals surface area contributed by atoms with Crippen LogP contribution in [0.5, 0.6) is 5.75 Å². The second kappa shape index (κ2) is 8.99. The summed E-state index contributed by atoms with van der Waals surface area (Å²) in [6.45, 7) is 4.55. The van der Waals surface area contributed by atoms with Crippen LogP contribution < -0.4 is 10.1 Å². The number of benzene rings is 1. The molecular weight excluding hydrogens is 362 g/mol. The van der Waals surface area contributed by atoms with E-state index in [1.165, 1.54) is 0 Å². The Morgan fingerprint density at radius 3 is 2.86 bits per heavy atom. The highest BCUT2D eigenvalue weighted by molar-refractivity contribution is 5.90. The minimum absolute atomic E-state index is 0. The lowest BCUT2D eigenvalue weighted by atomic mass is 10.1. The fourth-order valence-electron chi connectivity index (χ4n) is 3.23. The van der Waals surface area contributed by atoms with E-state index in [1.807, 2.05) is 60.9 Å². The molecule has 148 valence electrons. The topological polar surface area (TPSA) is 67.1 Å². The molecule has 0 radical (unpaired) electrons. The van der Waals surface area contributed by atoms with Gasteiger partial charge in [-0.05, 0) is 31.1 Å². The maximum Gasteiger partial charge on any atom is 0.224 e. The van der Waals surface area contributed by atoms with E-state index in [0.717, 1.165) is 27.9 Å². The number of nitrogens with one attached hydrogen (secondary N) is 1. The van der Waals surface area contributed by atoms with Crippen molar-refractivity contribution in [1.29, 1.82) is 5.26 Å². The van der Waals surface area contributed by atoms with Gasteiger partial charge in [0.25, 0.3) is 0 Å². The maximum atomic E-state index is 11.6. The summed E-state index contributed by atoms with van der Waals surface area (Å²) in [6, 6.07) is 8.01. The Hall–Kier alpha value is -3.70. The standard InChI is InChI=1S/C24H23N3O2.H2/c1-4-24(28)26-18-8-6-7-17(9-11-18)10-14-22-21(16-25)20-13-12-19(29-3)15-23(20)27(22)5-2;/h6-8,11-13,15H,4-5,9H2,1-3H3,(H,26,28);1H. The molecule has 1 amide bonds. The molecule has 3 rings (SSSR count). The molecule has 1 aromatic heterocycles. The van der Waals surface area contributed by atoms with E-state index in [2.05, 4.69) is 23.2 Å². The van der Waals surface area contributed by atoms with E-state index >= 15 is 0 Å². The SMILES string of the molecule is CCC(=O)NC1=CCC(C#Cc2c(C#N)c3ccc(OC)cc3n2CC)=CC=C1.[HH]. The molecule has 1 aromatic carbocycles. The molecule has 1 aliphatic carbocycles. The zero-order valence-electron chi connectivity index (χ0n) is 16.9. The third kappa shape index (κ3) is 4.25. The van der Waals surface area contributed by atoms with Crippen molar-refractivity contribution in [2.45, 2.75) is 33.2 Å². The lowest BCUT2D eigenvalue weighted by molar-refractivity contribution is -0.120. The quantitative estimate of drug-likeness (QED) is 0.789. The molecule has 0 bridgehead atoms. The minimum Gasteiger partial charge on any atom is -0.497 e. The molecule has 5 nitrogen and oxygen atoms in total. The van der Waals surface area contributed by atoms with Crippen molar-refractivity contribution in [2.75, 3.05) is 7.11 Å². The van der Waals surface area contributed by atoms with Crippen LogP contribution in [0.15, 0.2) is 53.8 Å². The Labute approximate surface area is 172 Å². The van der Waals surface area contributed by atoms with Gasteiger partial charge in [0.15, 0.2) is 0 Å². The fraction of sp³-hybridized carbons (Fsp3) is 0.250. The number of carbonyl (C=O) groups excluding carboxylic acids is 1. The van der Waals surface area contributed by atoms with Crippen LogP contribution in [-0.4, -0.2) is 17.6 Å². The zero-order chi connectivity index (χ0) is 20.8.